The zero-order chi connectivity index (χ0) is 23.0. The van der Waals surface area contributed by atoms with Crippen LogP contribution in [0.4, 0.5) is 0 Å². The van der Waals surface area contributed by atoms with Crippen molar-refractivity contribution < 1.29 is 9.90 Å². The third-order valence-corrected chi connectivity index (χ3v) is 6.10. The van der Waals surface area contributed by atoms with Crippen LogP contribution in [0.3, 0.4) is 0 Å². The number of hydrogen-bond donors (Lipinski definition) is 1. The predicted molar refractivity (Wildman–Crippen MR) is 116 cm³/mol. The van der Waals surface area contributed by atoms with Gasteiger partial charge in [-0.1, -0.05) is 12.1 Å². The molecule has 1 aliphatic rings. The molecule has 1 fully saturated rings. The van der Waals surface area contributed by atoms with Crippen LogP contribution in [0.15, 0.2) is 47.9 Å². The smallest absolute Gasteiger partial charge is 0.264 e. The van der Waals surface area contributed by atoms with Gasteiger partial charge in [0.1, 0.15) is 18.0 Å². The molecule has 0 unspecified atom stereocenters. The van der Waals surface area contributed by atoms with E-state index in [1.807, 2.05) is 12.1 Å². The molecule has 0 saturated carbocycles. The molecule has 4 aromatic rings. The lowest BCUT2D eigenvalue weighted by atomic mass is 9.91. The normalized spacial score (nSPS) is 15.8. The van der Waals surface area contributed by atoms with Crippen molar-refractivity contribution in [3.8, 4) is 0 Å². The lowest BCUT2D eigenvalue weighted by Crippen LogP contribution is -2.49. The summed E-state index contributed by atoms with van der Waals surface area (Å²) in [5, 5.41) is 26.6. The molecule has 1 aliphatic heterocycles. The molecule has 0 aliphatic carbocycles. The summed E-state index contributed by atoms with van der Waals surface area (Å²) in [7, 11) is 1.72. The number of carbonyl (C=O) groups is 1. The summed E-state index contributed by atoms with van der Waals surface area (Å²) >= 11 is 0. The molecule has 33 heavy (non-hydrogen) atoms. The van der Waals surface area contributed by atoms with Gasteiger partial charge in [0.05, 0.1) is 24.9 Å². The van der Waals surface area contributed by atoms with Crippen molar-refractivity contribution >= 4 is 16.9 Å². The van der Waals surface area contributed by atoms with Crippen molar-refractivity contribution in [1.82, 2.24) is 44.4 Å². The van der Waals surface area contributed by atoms with Crippen molar-refractivity contribution in [2.24, 2.45) is 7.05 Å². The third kappa shape index (κ3) is 4.12. The van der Waals surface area contributed by atoms with Gasteiger partial charge in [-0.3, -0.25) is 18.8 Å². The first-order valence-corrected chi connectivity index (χ1v) is 10.6. The maximum Gasteiger partial charge on any atom is 0.264 e. The maximum absolute atomic E-state index is 12.9. The number of aliphatic hydroxyl groups is 1. The van der Waals surface area contributed by atoms with Crippen molar-refractivity contribution in [1.29, 1.82) is 0 Å². The summed E-state index contributed by atoms with van der Waals surface area (Å²) in [6.45, 7) is 1.45. The molecule has 3 aromatic heterocycles. The molecule has 12 nitrogen and oxygen atoms in total. The Kier molecular flexibility index (Phi) is 5.21. The van der Waals surface area contributed by atoms with Crippen molar-refractivity contribution in [3.05, 3.63) is 64.6 Å². The standard InChI is InChI=1S/C21H23N9O3/c1-27-18-17(10-24-27)20(32)29(13-22-18)12-21(33)6-8-28(9-7-21)19(31)16-4-2-15(3-5-16)11-30-14-23-25-26-30/h2-5,10,13-14,33H,6-9,11-12H2,1H3. The molecule has 12 heteroatoms. The fourth-order valence-corrected chi connectivity index (χ4v) is 4.16. The van der Waals surface area contributed by atoms with Crippen LogP contribution in [0.1, 0.15) is 28.8 Å². The molecular weight excluding hydrogens is 426 g/mol. The number of likely N-dealkylation sites (tertiary alicyclic amines) is 1. The number of carbonyl (C=O) groups excluding carboxylic acids is 1. The summed E-state index contributed by atoms with van der Waals surface area (Å²) in [6.07, 6.45) is 5.20. The molecule has 1 N–H and O–H groups in total. The Morgan fingerprint density at radius 1 is 1.15 bits per heavy atom. The quantitative estimate of drug-likeness (QED) is 0.443. The minimum absolute atomic E-state index is 0.0818. The monoisotopic (exact) mass is 449 g/mol. The highest BCUT2D eigenvalue weighted by Gasteiger charge is 2.35. The second kappa shape index (κ2) is 8.20. The Hall–Kier alpha value is -3.93. The van der Waals surface area contributed by atoms with Gasteiger partial charge >= 0.3 is 0 Å². The van der Waals surface area contributed by atoms with Crippen LogP contribution in [0.5, 0.6) is 0 Å². The lowest BCUT2D eigenvalue weighted by Gasteiger charge is -2.38. The van der Waals surface area contributed by atoms with E-state index in [1.165, 1.54) is 28.1 Å². The lowest BCUT2D eigenvalue weighted by molar-refractivity contribution is -0.0299. The van der Waals surface area contributed by atoms with E-state index >= 15 is 0 Å². The number of aromatic nitrogens is 8. The van der Waals surface area contributed by atoms with Crippen molar-refractivity contribution in [3.63, 3.8) is 0 Å². The highest BCUT2D eigenvalue weighted by molar-refractivity contribution is 5.94. The zero-order valence-electron chi connectivity index (χ0n) is 18.1. The molecule has 1 aromatic carbocycles. The number of amides is 1. The first-order valence-electron chi connectivity index (χ1n) is 10.6. The Bertz CT molecular complexity index is 1330. The third-order valence-electron chi connectivity index (χ3n) is 6.10. The highest BCUT2D eigenvalue weighted by Crippen LogP contribution is 2.25. The number of benzene rings is 1. The van der Waals surface area contributed by atoms with Gasteiger partial charge in [0.2, 0.25) is 0 Å². The van der Waals surface area contributed by atoms with Crippen molar-refractivity contribution in [2.45, 2.75) is 31.5 Å². The SMILES string of the molecule is Cn1ncc2c(=O)n(CC3(O)CCN(C(=O)c4ccc(Cn5cnnn5)cc4)CC3)cnc21. The van der Waals surface area contributed by atoms with Crippen LogP contribution < -0.4 is 5.56 Å². The molecule has 1 amide bonds. The Morgan fingerprint density at radius 2 is 1.91 bits per heavy atom. The maximum atomic E-state index is 12.9. The van der Waals surface area contributed by atoms with Gasteiger partial charge in [-0.05, 0) is 41.0 Å². The zero-order valence-corrected chi connectivity index (χ0v) is 18.1. The van der Waals surface area contributed by atoms with E-state index in [9.17, 15) is 14.7 Å². The Labute approximate surface area is 188 Å². The molecular formula is C21H23N9O3. The number of piperidine rings is 1. The van der Waals surface area contributed by atoms with E-state index in [2.05, 4.69) is 25.6 Å². The predicted octanol–water partition coefficient (Wildman–Crippen LogP) is -0.168. The van der Waals surface area contributed by atoms with Crippen LogP contribution in [0.2, 0.25) is 0 Å². The van der Waals surface area contributed by atoms with E-state index < -0.39 is 5.60 Å². The number of fused-ring (bicyclic) bond motifs is 1. The molecule has 1 saturated heterocycles. The summed E-state index contributed by atoms with van der Waals surface area (Å²) < 4.78 is 4.57. The molecule has 4 heterocycles. The minimum Gasteiger partial charge on any atom is -0.388 e. The average Bonchev–Trinajstić information content (AvgIpc) is 3.46. The first-order chi connectivity index (χ1) is 15.9. The Balaban J connectivity index is 1.22. The van der Waals surface area contributed by atoms with Gasteiger partial charge in [-0.15, -0.1) is 5.10 Å². The van der Waals surface area contributed by atoms with E-state index in [0.29, 0.717) is 49.1 Å². The molecule has 0 atom stereocenters. The largest absolute Gasteiger partial charge is 0.388 e. The van der Waals surface area contributed by atoms with Crippen LogP contribution in [0.25, 0.3) is 11.0 Å². The topological polar surface area (TPSA) is 137 Å². The van der Waals surface area contributed by atoms with Crippen LogP contribution >= 0.6 is 0 Å². The van der Waals surface area contributed by atoms with Gasteiger partial charge in [0.25, 0.3) is 11.5 Å². The second-order valence-electron chi connectivity index (χ2n) is 8.40. The summed E-state index contributed by atoms with van der Waals surface area (Å²) in [5.41, 5.74) is 0.753. The van der Waals surface area contributed by atoms with Crippen LogP contribution in [-0.4, -0.2) is 74.1 Å². The molecule has 0 bridgehead atoms. The van der Waals surface area contributed by atoms with E-state index in [4.69, 9.17) is 0 Å². The van der Waals surface area contributed by atoms with Crippen LogP contribution in [-0.2, 0) is 20.1 Å². The summed E-state index contributed by atoms with van der Waals surface area (Å²) in [4.78, 5) is 31.7. The van der Waals surface area contributed by atoms with E-state index in [1.54, 1.807) is 28.8 Å². The highest BCUT2D eigenvalue weighted by atomic mass is 16.3. The number of nitrogens with zero attached hydrogens (tertiary/aromatic N) is 9. The van der Waals surface area contributed by atoms with E-state index in [0.717, 1.165) is 5.56 Å². The second-order valence-corrected chi connectivity index (χ2v) is 8.40. The van der Waals surface area contributed by atoms with Gasteiger partial charge in [-0.25, -0.2) is 9.67 Å². The molecule has 5 rings (SSSR count). The fourth-order valence-electron chi connectivity index (χ4n) is 4.16. The molecule has 0 radical (unpaired) electrons. The number of aryl methyl sites for hydroxylation is 1. The summed E-state index contributed by atoms with van der Waals surface area (Å²) in [5.74, 6) is -0.0818. The number of tetrazole rings is 1. The van der Waals surface area contributed by atoms with Crippen molar-refractivity contribution in [2.75, 3.05) is 13.1 Å². The number of hydrogen-bond acceptors (Lipinski definition) is 8. The van der Waals surface area contributed by atoms with Gasteiger partial charge < -0.3 is 10.0 Å². The Morgan fingerprint density at radius 3 is 2.61 bits per heavy atom. The minimum atomic E-state index is -1.09. The van der Waals surface area contributed by atoms with E-state index in [-0.39, 0.29) is 18.0 Å². The van der Waals surface area contributed by atoms with Gasteiger partial charge in [-0.2, -0.15) is 5.10 Å². The first kappa shape index (κ1) is 20.9. The molecule has 170 valence electrons. The fraction of sp³-hybridized carbons (Fsp3) is 0.381. The molecule has 0 spiro atoms. The summed E-state index contributed by atoms with van der Waals surface area (Å²) in [6, 6.07) is 7.33. The van der Waals surface area contributed by atoms with Gasteiger partial charge in [0, 0.05) is 25.7 Å². The number of rotatable bonds is 5. The average molecular weight is 449 g/mol. The van der Waals surface area contributed by atoms with Gasteiger partial charge in [0.15, 0.2) is 5.65 Å². The van der Waals surface area contributed by atoms with Crippen LogP contribution in [0, 0.1) is 0 Å².